The Morgan fingerprint density at radius 1 is 1.19 bits per heavy atom. The lowest BCUT2D eigenvalue weighted by Crippen LogP contribution is -2.22. The standard InChI is InChI=1S/C17H21ClN2O/c1-12(2)19-10-14-5-4-6-15(20-14)11-21-17-8-7-13(3)9-16(17)18/h4-9,12,19H,10-11H2,1-3H3. The van der Waals surface area contributed by atoms with E-state index >= 15 is 0 Å². The number of rotatable bonds is 6. The van der Waals surface area contributed by atoms with Gasteiger partial charge in [-0.05, 0) is 36.8 Å². The van der Waals surface area contributed by atoms with Crippen LogP contribution in [0.3, 0.4) is 0 Å². The van der Waals surface area contributed by atoms with E-state index in [0.29, 0.717) is 23.4 Å². The van der Waals surface area contributed by atoms with Gasteiger partial charge in [-0.3, -0.25) is 4.98 Å². The summed E-state index contributed by atoms with van der Waals surface area (Å²) in [6.07, 6.45) is 0. The van der Waals surface area contributed by atoms with Crippen molar-refractivity contribution in [2.24, 2.45) is 0 Å². The summed E-state index contributed by atoms with van der Waals surface area (Å²) in [4.78, 5) is 4.58. The lowest BCUT2D eigenvalue weighted by molar-refractivity contribution is 0.301. The summed E-state index contributed by atoms with van der Waals surface area (Å²) < 4.78 is 5.74. The third kappa shape index (κ3) is 5.03. The third-order valence-electron chi connectivity index (χ3n) is 3.02. The smallest absolute Gasteiger partial charge is 0.138 e. The largest absolute Gasteiger partial charge is 0.486 e. The number of aryl methyl sites for hydroxylation is 1. The Morgan fingerprint density at radius 3 is 2.67 bits per heavy atom. The average Bonchev–Trinajstić information content (AvgIpc) is 2.45. The highest BCUT2D eigenvalue weighted by Gasteiger charge is 2.04. The van der Waals surface area contributed by atoms with Crippen molar-refractivity contribution in [3.05, 3.63) is 58.4 Å². The first-order chi connectivity index (χ1) is 10.0. The van der Waals surface area contributed by atoms with Crippen molar-refractivity contribution >= 4 is 11.6 Å². The quantitative estimate of drug-likeness (QED) is 0.871. The number of pyridine rings is 1. The van der Waals surface area contributed by atoms with Crippen LogP contribution in [0.15, 0.2) is 36.4 Å². The summed E-state index contributed by atoms with van der Waals surface area (Å²) in [5, 5.41) is 3.99. The van der Waals surface area contributed by atoms with Crippen LogP contribution in [0.25, 0.3) is 0 Å². The highest BCUT2D eigenvalue weighted by molar-refractivity contribution is 6.32. The second-order valence-electron chi connectivity index (χ2n) is 5.38. The van der Waals surface area contributed by atoms with Crippen LogP contribution < -0.4 is 10.1 Å². The molecule has 1 heterocycles. The Balaban J connectivity index is 1.98. The molecule has 21 heavy (non-hydrogen) atoms. The second-order valence-corrected chi connectivity index (χ2v) is 5.79. The molecule has 1 aromatic carbocycles. The van der Waals surface area contributed by atoms with Crippen LogP contribution in [0.2, 0.25) is 5.02 Å². The molecule has 0 aliphatic carbocycles. The van der Waals surface area contributed by atoms with Crippen molar-refractivity contribution < 1.29 is 4.74 Å². The number of ether oxygens (including phenoxy) is 1. The number of nitrogens with zero attached hydrogens (tertiary/aromatic N) is 1. The van der Waals surface area contributed by atoms with Crippen LogP contribution >= 0.6 is 11.6 Å². The molecule has 0 radical (unpaired) electrons. The molecule has 4 heteroatoms. The molecule has 1 N–H and O–H groups in total. The SMILES string of the molecule is Cc1ccc(OCc2cccc(CNC(C)C)n2)c(Cl)c1. The molecule has 1 aromatic heterocycles. The minimum atomic E-state index is 0.415. The molecule has 0 saturated carbocycles. The molecule has 0 atom stereocenters. The Morgan fingerprint density at radius 2 is 1.95 bits per heavy atom. The number of aromatic nitrogens is 1. The van der Waals surface area contributed by atoms with Crippen LogP contribution in [0.5, 0.6) is 5.75 Å². The van der Waals surface area contributed by atoms with Gasteiger partial charge >= 0.3 is 0 Å². The van der Waals surface area contributed by atoms with Crippen molar-refractivity contribution in [1.82, 2.24) is 10.3 Å². The summed E-state index contributed by atoms with van der Waals surface area (Å²) in [5.74, 6) is 0.690. The molecule has 0 unspecified atom stereocenters. The monoisotopic (exact) mass is 304 g/mol. The van der Waals surface area contributed by atoms with Gasteiger partial charge in [0.1, 0.15) is 12.4 Å². The van der Waals surface area contributed by atoms with E-state index in [2.05, 4.69) is 24.1 Å². The molecule has 0 spiro atoms. The second kappa shape index (κ2) is 7.43. The van der Waals surface area contributed by atoms with Crippen LogP contribution in [-0.4, -0.2) is 11.0 Å². The van der Waals surface area contributed by atoms with Gasteiger partial charge in [0.2, 0.25) is 0 Å². The average molecular weight is 305 g/mol. The lowest BCUT2D eigenvalue weighted by atomic mass is 10.2. The molecule has 0 amide bonds. The van der Waals surface area contributed by atoms with Gasteiger partial charge in [-0.15, -0.1) is 0 Å². The third-order valence-corrected chi connectivity index (χ3v) is 3.31. The maximum Gasteiger partial charge on any atom is 0.138 e. The van der Waals surface area contributed by atoms with Crippen LogP contribution in [0.4, 0.5) is 0 Å². The number of halogens is 1. The van der Waals surface area contributed by atoms with E-state index < -0.39 is 0 Å². The zero-order valence-corrected chi connectivity index (χ0v) is 13.4. The van der Waals surface area contributed by atoms with Gasteiger partial charge in [0, 0.05) is 12.6 Å². The van der Waals surface area contributed by atoms with Gasteiger partial charge in [-0.2, -0.15) is 0 Å². The van der Waals surface area contributed by atoms with Crippen LogP contribution in [0, 0.1) is 6.92 Å². The van der Waals surface area contributed by atoms with E-state index in [1.54, 1.807) is 0 Å². The van der Waals surface area contributed by atoms with Crippen LogP contribution in [0.1, 0.15) is 30.8 Å². The Hall–Kier alpha value is -1.58. The molecular formula is C17H21ClN2O. The van der Waals surface area contributed by atoms with E-state index in [9.17, 15) is 0 Å². The molecule has 0 aliphatic rings. The fourth-order valence-electron chi connectivity index (χ4n) is 1.89. The van der Waals surface area contributed by atoms with Gasteiger partial charge in [-0.25, -0.2) is 0 Å². The number of benzene rings is 1. The Kier molecular flexibility index (Phi) is 5.59. The molecule has 0 bridgehead atoms. The van der Waals surface area contributed by atoms with Crippen molar-refractivity contribution in [3.63, 3.8) is 0 Å². The lowest BCUT2D eigenvalue weighted by Gasteiger charge is -2.10. The zero-order chi connectivity index (χ0) is 15.2. The molecule has 2 rings (SSSR count). The Labute approximate surface area is 131 Å². The fourth-order valence-corrected chi connectivity index (χ4v) is 2.18. The van der Waals surface area contributed by atoms with Crippen molar-refractivity contribution in [2.75, 3.05) is 0 Å². The maximum atomic E-state index is 6.16. The topological polar surface area (TPSA) is 34.1 Å². The van der Waals surface area contributed by atoms with Crippen molar-refractivity contribution in [2.45, 2.75) is 40.0 Å². The van der Waals surface area contributed by atoms with E-state index in [0.717, 1.165) is 23.5 Å². The highest BCUT2D eigenvalue weighted by Crippen LogP contribution is 2.25. The van der Waals surface area contributed by atoms with Gasteiger partial charge < -0.3 is 10.1 Å². The zero-order valence-electron chi connectivity index (χ0n) is 12.7. The molecule has 2 aromatic rings. The maximum absolute atomic E-state index is 6.16. The van der Waals surface area contributed by atoms with E-state index in [4.69, 9.17) is 16.3 Å². The predicted molar refractivity (Wildman–Crippen MR) is 86.7 cm³/mol. The molecule has 0 saturated heterocycles. The minimum absolute atomic E-state index is 0.415. The summed E-state index contributed by atoms with van der Waals surface area (Å²) in [6.45, 7) is 7.41. The van der Waals surface area contributed by atoms with Gasteiger partial charge in [0.15, 0.2) is 0 Å². The summed E-state index contributed by atoms with van der Waals surface area (Å²) in [6, 6.07) is 12.2. The molecular weight excluding hydrogens is 284 g/mol. The van der Waals surface area contributed by atoms with Crippen molar-refractivity contribution in [1.29, 1.82) is 0 Å². The van der Waals surface area contributed by atoms with Gasteiger partial charge in [-0.1, -0.05) is 37.6 Å². The van der Waals surface area contributed by atoms with E-state index in [-0.39, 0.29) is 0 Å². The highest BCUT2D eigenvalue weighted by atomic mass is 35.5. The molecule has 112 valence electrons. The number of hydrogen-bond donors (Lipinski definition) is 1. The number of nitrogens with one attached hydrogen (secondary N) is 1. The fraction of sp³-hybridized carbons (Fsp3) is 0.353. The van der Waals surface area contributed by atoms with Gasteiger partial charge in [0.25, 0.3) is 0 Å². The summed E-state index contributed by atoms with van der Waals surface area (Å²) >= 11 is 6.16. The molecule has 0 aliphatic heterocycles. The predicted octanol–water partition coefficient (Wildman–Crippen LogP) is 4.12. The first kappa shape index (κ1) is 15.8. The molecule has 0 fully saturated rings. The Bertz CT molecular complexity index is 599. The minimum Gasteiger partial charge on any atom is -0.486 e. The van der Waals surface area contributed by atoms with E-state index in [1.165, 1.54) is 0 Å². The summed E-state index contributed by atoms with van der Waals surface area (Å²) in [7, 11) is 0. The first-order valence-corrected chi connectivity index (χ1v) is 7.49. The van der Waals surface area contributed by atoms with Gasteiger partial charge in [0.05, 0.1) is 16.4 Å². The first-order valence-electron chi connectivity index (χ1n) is 7.12. The summed E-state index contributed by atoms with van der Waals surface area (Å²) in [5.41, 5.74) is 3.03. The van der Waals surface area contributed by atoms with Crippen molar-refractivity contribution in [3.8, 4) is 5.75 Å². The normalized spacial score (nSPS) is 10.9. The van der Waals surface area contributed by atoms with E-state index in [1.807, 2.05) is 43.3 Å². The molecule has 3 nitrogen and oxygen atoms in total. The van der Waals surface area contributed by atoms with Crippen LogP contribution in [-0.2, 0) is 13.2 Å². The number of hydrogen-bond acceptors (Lipinski definition) is 3.